The number of aryl methyl sites for hydroxylation is 2. The molecule has 3 heterocycles. The van der Waals surface area contributed by atoms with E-state index in [9.17, 15) is 9.18 Å². The van der Waals surface area contributed by atoms with Crippen LogP contribution in [0, 0.1) is 12.7 Å². The van der Waals surface area contributed by atoms with E-state index in [-0.39, 0.29) is 5.82 Å². The maximum atomic E-state index is 13.1. The predicted molar refractivity (Wildman–Crippen MR) is 67.9 cm³/mol. The van der Waals surface area contributed by atoms with Gasteiger partial charge < -0.3 is 0 Å². The van der Waals surface area contributed by atoms with Crippen LogP contribution in [0.1, 0.15) is 16.1 Å². The molecule has 3 rings (SSSR count). The van der Waals surface area contributed by atoms with E-state index in [1.807, 2.05) is 0 Å². The average molecular weight is 258 g/mol. The van der Waals surface area contributed by atoms with Crippen molar-refractivity contribution in [2.75, 3.05) is 0 Å². The highest BCUT2D eigenvalue weighted by Crippen LogP contribution is 2.22. The zero-order chi connectivity index (χ0) is 13.6. The number of rotatable bonds is 2. The summed E-state index contributed by atoms with van der Waals surface area (Å²) < 4.78 is 16.5. The molecule has 0 saturated carbocycles. The second kappa shape index (κ2) is 4.01. The number of aldehydes is 1. The van der Waals surface area contributed by atoms with Crippen LogP contribution in [0.25, 0.3) is 16.9 Å². The normalized spacial score (nSPS) is 11.1. The molecule has 0 bridgehead atoms. The van der Waals surface area contributed by atoms with Gasteiger partial charge in [-0.05, 0) is 19.1 Å². The van der Waals surface area contributed by atoms with Gasteiger partial charge in [0.25, 0.3) is 0 Å². The second-order valence-corrected chi connectivity index (χ2v) is 4.32. The van der Waals surface area contributed by atoms with Gasteiger partial charge in [0.1, 0.15) is 17.3 Å². The lowest BCUT2D eigenvalue weighted by Gasteiger charge is -2.06. The molecule has 0 unspecified atom stereocenters. The zero-order valence-corrected chi connectivity index (χ0v) is 10.5. The Morgan fingerprint density at radius 2 is 2.21 bits per heavy atom. The van der Waals surface area contributed by atoms with Crippen LogP contribution >= 0.6 is 0 Å². The van der Waals surface area contributed by atoms with E-state index in [0.717, 1.165) is 12.5 Å². The van der Waals surface area contributed by atoms with Gasteiger partial charge in [0.15, 0.2) is 6.29 Å². The third-order valence-corrected chi connectivity index (χ3v) is 3.08. The first-order valence-corrected chi connectivity index (χ1v) is 5.73. The lowest BCUT2D eigenvalue weighted by Crippen LogP contribution is -2.04. The molecule has 0 spiro atoms. The van der Waals surface area contributed by atoms with Crippen LogP contribution in [0.4, 0.5) is 4.39 Å². The fourth-order valence-corrected chi connectivity index (χ4v) is 2.25. The number of carbonyl (C=O) groups excluding carboxylic acids is 1. The summed E-state index contributed by atoms with van der Waals surface area (Å²) >= 11 is 0. The predicted octanol–water partition coefficient (Wildman–Crippen LogP) is 2.02. The highest BCUT2D eigenvalue weighted by Gasteiger charge is 2.16. The van der Waals surface area contributed by atoms with Crippen LogP contribution in [0.2, 0.25) is 0 Å². The third-order valence-electron chi connectivity index (χ3n) is 3.08. The first-order valence-electron chi connectivity index (χ1n) is 5.73. The minimum atomic E-state index is -0.387. The quantitative estimate of drug-likeness (QED) is 0.661. The molecule has 0 N–H and O–H groups in total. The summed E-state index contributed by atoms with van der Waals surface area (Å²) in [6.07, 6.45) is 3.68. The van der Waals surface area contributed by atoms with Crippen LogP contribution < -0.4 is 0 Å². The molecule has 0 aliphatic rings. The molecule has 3 aromatic heterocycles. The molecule has 96 valence electrons. The lowest BCUT2D eigenvalue weighted by atomic mass is 10.2. The van der Waals surface area contributed by atoms with Crippen molar-refractivity contribution < 1.29 is 9.18 Å². The van der Waals surface area contributed by atoms with Gasteiger partial charge in [-0.3, -0.25) is 14.0 Å². The standard InChI is InChI=1S/C13H11FN4O/c1-8-11(7-19)13(17(2)16-8)18-4-3-9-5-10(14)6-15-12(9)18/h3-7H,1-2H3. The van der Waals surface area contributed by atoms with Gasteiger partial charge in [-0.1, -0.05) is 0 Å². The van der Waals surface area contributed by atoms with Crippen molar-refractivity contribution in [2.45, 2.75) is 6.92 Å². The molecular formula is C13H11FN4O. The van der Waals surface area contributed by atoms with Crippen molar-refractivity contribution in [2.24, 2.45) is 7.05 Å². The van der Waals surface area contributed by atoms with Crippen LogP contribution in [0.15, 0.2) is 24.5 Å². The van der Waals surface area contributed by atoms with Gasteiger partial charge in [-0.2, -0.15) is 5.10 Å². The van der Waals surface area contributed by atoms with Gasteiger partial charge in [0, 0.05) is 18.6 Å². The zero-order valence-electron chi connectivity index (χ0n) is 10.5. The summed E-state index contributed by atoms with van der Waals surface area (Å²) in [5.74, 6) is 0.239. The molecule has 19 heavy (non-hydrogen) atoms. The summed E-state index contributed by atoms with van der Waals surface area (Å²) in [4.78, 5) is 15.3. The summed E-state index contributed by atoms with van der Waals surface area (Å²) in [6.45, 7) is 1.77. The first kappa shape index (κ1) is 11.6. The van der Waals surface area contributed by atoms with E-state index in [4.69, 9.17) is 0 Å². The Bertz CT molecular complexity index is 787. The Kier molecular flexibility index (Phi) is 2.45. The van der Waals surface area contributed by atoms with Crippen LogP contribution in [0.3, 0.4) is 0 Å². The van der Waals surface area contributed by atoms with Crippen molar-refractivity contribution in [3.05, 3.63) is 41.6 Å². The number of aromatic nitrogens is 4. The number of fused-ring (bicyclic) bond motifs is 1. The molecule has 0 aliphatic carbocycles. The Morgan fingerprint density at radius 1 is 1.42 bits per heavy atom. The fraction of sp³-hybridized carbons (Fsp3) is 0.154. The van der Waals surface area contributed by atoms with E-state index in [0.29, 0.717) is 28.1 Å². The molecule has 0 aromatic carbocycles. The largest absolute Gasteiger partial charge is 0.298 e. The fourth-order valence-electron chi connectivity index (χ4n) is 2.25. The second-order valence-electron chi connectivity index (χ2n) is 4.32. The monoisotopic (exact) mass is 258 g/mol. The maximum absolute atomic E-state index is 13.1. The van der Waals surface area contributed by atoms with Crippen LogP contribution in [-0.4, -0.2) is 25.6 Å². The Hall–Kier alpha value is -2.50. The highest BCUT2D eigenvalue weighted by atomic mass is 19.1. The van der Waals surface area contributed by atoms with E-state index in [1.54, 1.807) is 35.5 Å². The van der Waals surface area contributed by atoms with Gasteiger partial charge in [0.05, 0.1) is 17.5 Å². The minimum Gasteiger partial charge on any atom is -0.298 e. The van der Waals surface area contributed by atoms with E-state index in [2.05, 4.69) is 10.1 Å². The lowest BCUT2D eigenvalue weighted by molar-refractivity contribution is 0.112. The number of nitrogens with zero attached hydrogens (tertiary/aromatic N) is 4. The Balaban J connectivity index is 2.33. The topological polar surface area (TPSA) is 52.7 Å². The molecule has 5 nitrogen and oxygen atoms in total. The SMILES string of the molecule is Cc1nn(C)c(-n2ccc3cc(F)cnc32)c1C=O. The van der Waals surface area contributed by atoms with Gasteiger partial charge in [-0.15, -0.1) is 0 Å². The summed E-state index contributed by atoms with van der Waals surface area (Å²) in [7, 11) is 1.75. The number of hydrogen-bond donors (Lipinski definition) is 0. The molecule has 0 amide bonds. The number of halogens is 1. The van der Waals surface area contributed by atoms with Crippen molar-refractivity contribution in [3.8, 4) is 5.82 Å². The molecule has 0 atom stereocenters. The van der Waals surface area contributed by atoms with Crippen molar-refractivity contribution >= 4 is 17.3 Å². The first-order chi connectivity index (χ1) is 9.11. The molecule has 3 aromatic rings. The van der Waals surface area contributed by atoms with Crippen molar-refractivity contribution in [1.29, 1.82) is 0 Å². The van der Waals surface area contributed by atoms with Crippen LogP contribution in [-0.2, 0) is 7.05 Å². The van der Waals surface area contributed by atoms with Crippen molar-refractivity contribution in [1.82, 2.24) is 19.3 Å². The van der Waals surface area contributed by atoms with Gasteiger partial charge in [-0.25, -0.2) is 9.37 Å². The third kappa shape index (κ3) is 1.64. The Labute approximate surface area is 108 Å². The maximum Gasteiger partial charge on any atom is 0.155 e. The number of hydrogen-bond acceptors (Lipinski definition) is 3. The van der Waals surface area contributed by atoms with E-state index in [1.165, 1.54) is 6.07 Å². The Morgan fingerprint density at radius 3 is 2.95 bits per heavy atom. The van der Waals surface area contributed by atoms with Gasteiger partial charge >= 0.3 is 0 Å². The molecule has 0 fully saturated rings. The molecule has 0 saturated heterocycles. The minimum absolute atomic E-state index is 0.387. The number of pyridine rings is 1. The molecule has 6 heteroatoms. The summed E-state index contributed by atoms with van der Waals surface area (Å²) in [5, 5.41) is 4.90. The van der Waals surface area contributed by atoms with E-state index < -0.39 is 0 Å². The van der Waals surface area contributed by atoms with E-state index >= 15 is 0 Å². The summed E-state index contributed by atoms with van der Waals surface area (Å²) in [6, 6.07) is 3.16. The molecule has 0 aliphatic heterocycles. The average Bonchev–Trinajstić information content (AvgIpc) is 2.89. The summed E-state index contributed by atoms with van der Waals surface area (Å²) in [5.41, 5.74) is 1.75. The van der Waals surface area contributed by atoms with Gasteiger partial charge in [0.2, 0.25) is 0 Å². The highest BCUT2D eigenvalue weighted by molar-refractivity contribution is 5.84. The number of carbonyl (C=O) groups is 1. The van der Waals surface area contributed by atoms with Crippen molar-refractivity contribution in [3.63, 3.8) is 0 Å². The molecule has 0 radical (unpaired) electrons. The molecular weight excluding hydrogens is 247 g/mol. The van der Waals surface area contributed by atoms with Crippen LogP contribution in [0.5, 0.6) is 0 Å². The smallest absolute Gasteiger partial charge is 0.155 e.